The first-order chi connectivity index (χ1) is 7.24. The lowest BCUT2D eigenvalue weighted by molar-refractivity contribution is 0.378. The summed E-state index contributed by atoms with van der Waals surface area (Å²) in [5.41, 5.74) is 0.0973. The lowest BCUT2D eigenvalue weighted by Crippen LogP contribution is -2.42. The summed E-state index contributed by atoms with van der Waals surface area (Å²) in [6.45, 7) is 13.1. The van der Waals surface area contributed by atoms with Crippen molar-refractivity contribution >= 4 is 12.0 Å². The molecular weight excluding hydrogens is 206 g/mol. The van der Waals surface area contributed by atoms with E-state index in [1.807, 2.05) is 19.9 Å². The normalized spacial score (nSPS) is 10.5. The van der Waals surface area contributed by atoms with E-state index < -0.39 is 0 Å². The van der Waals surface area contributed by atoms with Crippen LogP contribution in [0.25, 0.3) is 0 Å². The van der Waals surface area contributed by atoms with Crippen molar-refractivity contribution in [2.75, 3.05) is 12.3 Å². The zero-order valence-corrected chi connectivity index (χ0v) is 11.5. The molecule has 0 aromatic rings. The molecule has 0 aliphatic heterocycles. The molecule has 92 valence electrons. The number of hydrogen-bond donors (Lipinski definition) is 2. The van der Waals surface area contributed by atoms with Gasteiger partial charge in [-0.1, -0.05) is 33.8 Å². The monoisotopic (exact) mass is 233 g/mol. The van der Waals surface area contributed by atoms with Crippen LogP contribution in [0.2, 0.25) is 0 Å². The molecule has 3 heteroatoms. The van der Waals surface area contributed by atoms with Crippen molar-refractivity contribution in [3.63, 3.8) is 0 Å². The highest BCUT2D eigenvalue weighted by atomic mass is 32.2. The summed E-state index contributed by atoms with van der Waals surface area (Å²) in [5, 5.41) is 3.47. The van der Waals surface area contributed by atoms with Crippen LogP contribution in [0.1, 0.15) is 47.0 Å². The topological polar surface area (TPSA) is 32.3 Å². The summed E-state index contributed by atoms with van der Waals surface area (Å²) in [5.74, 6) is 0.799. The summed E-state index contributed by atoms with van der Waals surface area (Å²) in [6.07, 6.45) is 5.13. The van der Waals surface area contributed by atoms with Crippen LogP contribution in [-0.4, -0.2) is 22.4 Å². The van der Waals surface area contributed by atoms with Gasteiger partial charge < -0.3 is 9.87 Å². The zero-order chi connectivity index (χ0) is 12.2. The van der Waals surface area contributed by atoms with Gasteiger partial charge in [0.05, 0.1) is 0 Å². The molecule has 0 heterocycles. The fourth-order valence-electron chi connectivity index (χ4n) is 1.33. The summed E-state index contributed by atoms with van der Waals surface area (Å²) in [7, 11) is 0. The molecule has 0 rings (SSSR count). The minimum Gasteiger partial charge on any atom is -0.330 e. The Balaban J connectivity index is 0. The molecule has 2 nitrogen and oxygen atoms in total. The molecule has 0 radical (unpaired) electrons. The predicted octanol–water partition coefficient (Wildman–Crippen LogP) is 3.94. The predicted molar refractivity (Wildman–Crippen MR) is 72.6 cm³/mol. The molecule has 0 spiro atoms. The molecule has 0 saturated carbocycles. The van der Waals surface area contributed by atoms with E-state index in [1.54, 1.807) is 0 Å². The Hall–Kier alpha value is 0.01000. The molecule has 15 heavy (non-hydrogen) atoms. The maximum atomic E-state index is 8.54. The van der Waals surface area contributed by atoms with Crippen molar-refractivity contribution in [3.8, 4) is 0 Å². The van der Waals surface area contributed by atoms with Gasteiger partial charge in [0, 0.05) is 11.3 Å². The Labute approximate surface area is 99.7 Å². The molecule has 0 saturated heterocycles. The average molecular weight is 233 g/mol. The van der Waals surface area contributed by atoms with Crippen molar-refractivity contribution in [2.45, 2.75) is 52.5 Å². The summed E-state index contributed by atoms with van der Waals surface area (Å²) in [6, 6.07) is 0. The SMILES string of the molecule is C=CC(CC)(CC)NCCCSO.CC. The Morgan fingerprint density at radius 1 is 1.33 bits per heavy atom. The molecule has 0 aliphatic rings. The fourth-order valence-corrected chi connectivity index (χ4v) is 1.61. The molecule has 0 aromatic heterocycles. The number of nitrogens with one attached hydrogen (secondary N) is 1. The largest absolute Gasteiger partial charge is 0.330 e. The van der Waals surface area contributed by atoms with Crippen LogP contribution >= 0.6 is 12.0 Å². The van der Waals surface area contributed by atoms with E-state index in [9.17, 15) is 0 Å². The smallest absolute Gasteiger partial charge is 0.0356 e. The van der Waals surface area contributed by atoms with Crippen molar-refractivity contribution in [1.29, 1.82) is 0 Å². The maximum absolute atomic E-state index is 8.54. The zero-order valence-electron chi connectivity index (χ0n) is 10.7. The first-order valence-corrected chi connectivity index (χ1v) is 6.84. The third kappa shape index (κ3) is 7.88. The summed E-state index contributed by atoms with van der Waals surface area (Å²) in [4.78, 5) is 0. The second-order valence-corrected chi connectivity index (χ2v) is 3.85. The van der Waals surface area contributed by atoms with Crippen molar-refractivity contribution in [2.24, 2.45) is 0 Å². The average Bonchev–Trinajstić information content (AvgIpc) is 2.33. The summed E-state index contributed by atoms with van der Waals surface area (Å²) < 4.78 is 8.54. The van der Waals surface area contributed by atoms with Gasteiger partial charge in [0.15, 0.2) is 0 Å². The van der Waals surface area contributed by atoms with Gasteiger partial charge >= 0.3 is 0 Å². The van der Waals surface area contributed by atoms with Crippen LogP contribution in [0.15, 0.2) is 12.7 Å². The Bertz CT molecular complexity index is 136. The third-order valence-corrected chi connectivity index (χ3v) is 3.01. The van der Waals surface area contributed by atoms with Crippen LogP contribution in [0.5, 0.6) is 0 Å². The van der Waals surface area contributed by atoms with E-state index in [2.05, 4.69) is 25.7 Å². The van der Waals surface area contributed by atoms with Gasteiger partial charge in [0.1, 0.15) is 0 Å². The van der Waals surface area contributed by atoms with Crippen LogP contribution in [0.3, 0.4) is 0 Å². The highest BCUT2D eigenvalue weighted by Gasteiger charge is 2.19. The van der Waals surface area contributed by atoms with Crippen molar-refractivity contribution in [3.05, 3.63) is 12.7 Å². The Morgan fingerprint density at radius 2 is 1.87 bits per heavy atom. The number of hydrogen-bond acceptors (Lipinski definition) is 3. The molecule has 0 bridgehead atoms. The van der Waals surface area contributed by atoms with E-state index in [0.717, 1.165) is 43.6 Å². The van der Waals surface area contributed by atoms with Crippen LogP contribution in [0, 0.1) is 0 Å². The van der Waals surface area contributed by atoms with Crippen LogP contribution in [0.4, 0.5) is 0 Å². The van der Waals surface area contributed by atoms with Crippen molar-refractivity contribution in [1.82, 2.24) is 5.32 Å². The van der Waals surface area contributed by atoms with E-state index >= 15 is 0 Å². The van der Waals surface area contributed by atoms with Gasteiger partial charge in [-0.15, -0.1) is 6.58 Å². The van der Waals surface area contributed by atoms with E-state index in [-0.39, 0.29) is 5.54 Å². The minimum absolute atomic E-state index is 0.0973. The highest BCUT2D eigenvalue weighted by molar-refractivity contribution is 7.93. The molecule has 0 unspecified atom stereocenters. The van der Waals surface area contributed by atoms with E-state index in [4.69, 9.17) is 4.55 Å². The fraction of sp³-hybridized carbons (Fsp3) is 0.833. The van der Waals surface area contributed by atoms with Gasteiger partial charge in [-0.25, -0.2) is 0 Å². The molecule has 0 amide bonds. The van der Waals surface area contributed by atoms with E-state index in [1.165, 1.54) is 0 Å². The number of rotatable bonds is 8. The van der Waals surface area contributed by atoms with Crippen molar-refractivity contribution < 1.29 is 4.55 Å². The quantitative estimate of drug-likeness (QED) is 0.378. The van der Waals surface area contributed by atoms with Gasteiger partial charge in [-0.05, 0) is 37.8 Å². The lowest BCUT2D eigenvalue weighted by atomic mass is 9.93. The van der Waals surface area contributed by atoms with Gasteiger partial charge in [-0.3, -0.25) is 0 Å². The lowest BCUT2D eigenvalue weighted by Gasteiger charge is -2.29. The second kappa shape index (κ2) is 12.1. The summed E-state index contributed by atoms with van der Waals surface area (Å²) >= 11 is 0.909. The van der Waals surface area contributed by atoms with Gasteiger partial charge in [0.25, 0.3) is 0 Å². The maximum Gasteiger partial charge on any atom is 0.0356 e. The van der Waals surface area contributed by atoms with Gasteiger partial charge in [-0.2, -0.15) is 0 Å². The standard InChI is InChI=1S/C10H21NOS.C2H6/c1-4-10(5-2,6-3)11-8-7-9-13-12;1-2/h4,11-12H,1,5-9H2,2-3H3;1-2H3. The molecular formula is C12H27NOS. The molecule has 2 N–H and O–H groups in total. The molecule has 0 fully saturated rings. The molecule has 0 aromatic carbocycles. The van der Waals surface area contributed by atoms with Gasteiger partial charge in [0.2, 0.25) is 0 Å². The second-order valence-electron chi connectivity index (χ2n) is 3.18. The Kier molecular flexibility index (Phi) is 14.0. The first-order valence-electron chi connectivity index (χ1n) is 5.89. The third-order valence-electron chi connectivity index (χ3n) is 2.54. The highest BCUT2D eigenvalue weighted by Crippen LogP contribution is 2.15. The minimum atomic E-state index is 0.0973. The first kappa shape index (κ1) is 17.4. The Morgan fingerprint density at radius 3 is 2.20 bits per heavy atom. The molecule has 0 aliphatic carbocycles. The van der Waals surface area contributed by atoms with E-state index in [0.29, 0.717) is 0 Å². The molecule has 0 atom stereocenters. The van der Waals surface area contributed by atoms with Crippen LogP contribution < -0.4 is 5.32 Å². The van der Waals surface area contributed by atoms with Crippen LogP contribution in [-0.2, 0) is 0 Å².